The van der Waals surface area contributed by atoms with Gasteiger partial charge in [-0.05, 0) is 43.9 Å². The number of nitrogens with two attached hydrogens (primary N) is 1. The van der Waals surface area contributed by atoms with E-state index in [0.717, 1.165) is 38.1 Å². The van der Waals surface area contributed by atoms with Crippen molar-refractivity contribution in [3.63, 3.8) is 0 Å². The molecular formula is C18H28N2O3. The van der Waals surface area contributed by atoms with Gasteiger partial charge in [0.1, 0.15) is 5.75 Å². The highest BCUT2D eigenvalue weighted by Gasteiger charge is 2.25. The van der Waals surface area contributed by atoms with Crippen molar-refractivity contribution in [2.75, 3.05) is 33.4 Å². The molecule has 23 heavy (non-hydrogen) atoms. The minimum Gasteiger partial charge on any atom is -0.493 e. The Morgan fingerprint density at radius 1 is 1.35 bits per heavy atom. The zero-order valence-electron chi connectivity index (χ0n) is 14.2. The number of nitrogens with zero attached hydrogens (tertiary/aromatic N) is 1. The molecule has 0 aromatic heterocycles. The number of carbonyl (C=O) groups excluding carboxylic acids is 1. The largest absolute Gasteiger partial charge is 0.493 e. The molecule has 1 aliphatic rings. The Bertz CT molecular complexity index is 497. The average molecular weight is 320 g/mol. The van der Waals surface area contributed by atoms with Gasteiger partial charge in [0.05, 0.1) is 6.61 Å². The fourth-order valence-electron chi connectivity index (χ4n) is 2.92. The molecule has 128 valence electrons. The molecule has 0 bridgehead atoms. The van der Waals surface area contributed by atoms with Crippen molar-refractivity contribution in [3.8, 4) is 5.75 Å². The molecule has 5 heteroatoms. The third-order valence-corrected chi connectivity index (χ3v) is 4.41. The molecule has 1 unspecified atom stereocenters. The van der Waals surface area contributed by atoms with Gasteiger partial charge in [0, 0.05) is 44.8 Å². The SMILES string of the molecule is COCCCOc1cccc(C(=O)N2CCC(C(C)N)CC2)c1. The molecular weight excluding hydrogens is 292 g/mol. The summed E-state index contributed by atoms with van der Waals surface area (Å²) in [5, 5.41) is 0. The molecule has 1 saturated heterocycles. The molecule has 0 radical (unpaired) electrons. The van der Waals surface area contributed by atoms with Gasteiger partial charge in [0.2, 0.25) is 0 Å². The number of piperidine rings is 1. The highest BCUT2D eigenvalue weighted by Crippen LogP contribution is 2.22. The topological polar surface area (TPSA) is 64.8 Å². The van der Waals surface area contributed by atoms with Gasteiger partial charge in [-0.3, -0.25) is 4.79 Å². The molecule has 2 rings (SSSR count). The van der Waals surface area contributed by atoms with Gasteiger partial charge in [-0.25, -0.2) is 0 Å². The molecule has 0 saturated carbocycles. The Kier molecular flexibility index (Phi) is 6.86. The predicted molar refractivity (Wildman–Crippen MR) is 90.7 cm³/mol. The minimum absolute atomic E-state index is 0.0791. The molecule has 1 fully saturated rings. The van der Waals surface area contributed by atoms with Gasteiger partial charge in [0.25, 0.3) is 5.91 Å². The number of hydrogen-bond acceptors (Lipinski definition) is 4. The molecule has 0 spiro atoms. The summed E-state index contributed by atoms with van der Waals surface area (Å²) < 4.78 is 10.7. The Labute approximate surface area is 138 Å². The smallest absolute Gasteiger partial charge is 0.253 e. The maximum Gasteiger partial charge on any atom is 0.253 e. The van der Waals surface area contributed by atoms with Crippen LogP contribution in [0.3, 0.4) is 0 Å². The van der Waals surface area contributed by atoms with Gasteiger partial charge >= 0.3 is 0 Å². The molecule has 1 aromatic rings. The zero-order valence-corrected chi connectivity index (χ0v) is 14.2. The number of carbonyl (C=O) groups is 1. The lowest BCUT2D eigenvalue weighted by atomic mass is 9.90. The Balaban J connectivity index is 1.89. The first-order chi connectivity index (χ1) is 11.1. The Morgan fingerprint density at radius 2 is 2.09 bits per heavy atom. The van der Waals surface area contributed by atoms with Crippen LogP contribution in [0.5, 0.6) is 5.75 Å². The van der Waals surface area contributed by atoms with Crippen molar-refractivity contribution >= 4 is 5.91 Å². The van der Waals surface area contributed by atoms with E-state index >= 15 is 0 Å². The van der Waals surface area contributed by atoms with Crippen molar-refractivity contribution in [1.29, 1.82) is 0 Å². The maximum absolute atomic E-state index is 12.6. The van der Waals surface area contributed by atoms with E-state index in [1.54, 1.807) is 7.11 Å². The summed E-state index contributed by atoms with van der Waals surface area (Å²) >= 11 is 0. The van der Waals surface area contributed by atoms with E-state index in [4.69, 9.17) is 15.2 Å². The average Bonchev–Trinajstić information content (AvgIpc) is 2.58. The first-order valence-electron chi connectivity index (χ1n) is 8.38. The summed E-state index contributed by atoms with van der Waals surface area (Å²) in [4.78, 5) is 14.5. The van der Waals surface area contributed by atoms with E-state index in [2.05, 4.69) is 0 Å². The monoisotopic (exact) mass is 320 g/mol. The highest BCUT2D eigenvalue weighted by atomic mass is 16.5. The van der Waals surface area contributed by atoms with Crippen LogP contribution in [0.15, 0.2) is 24.3 Å². The molecule has 5 nitrogen and oxygen atoms in total. The van der Waals surface area contributed by atoms with Gasteiger partial charge in [0.15, 0.2) is 0 Å². The molecule has 1 aliphatic heterocycles. The van der Waals surface area contributed by atoms with Gasteiger partial charge in [-0.15, -0.1) is 0 Å². The van der Waals surface area contributed by atoms with Crippen molar-refractivity contribution in [2.24, 2.45) is 11.7 Å². The van der Waals surface area contributed by atoms with Crippen molar-refractivity contribution < 1.29 is 14.3 Å². The minimum atomic E-state index is 0.0791. The van der Waals surface area contributed by atoms with Crippen LogP contribution in [-0.2, 0) is 4.74 Å². The zero-order chi connectivity index (χ0) is 16.7. The summed E-state index contributed by atoms with van der Waals surface area (Å²) in [6.07, 6.45) is 2.80. The standard InChI is InChI=1S/C18H28N2O3/c1-14(19)15-7-9-20(10-8-15)18(21)16-5-3-6-17(13-16)23-12-4-11-22-2/h3,5-6,13-15H,4,7-12,19H2,1-2H3. The van der Waals surface area contributed by atoms with E-state index in [-0.39, 0.29) is 11.9 Å². The molecule has 1 aromatic carbocycles. The Hall–Kier alpha value is -1.59. The lowest BCUT2D eigenvalue weighted by molar-refractivity contribution is 0.0680. The summed E-state index contributed by atoms with van der Waals surface area (Å²) in [5.74, 6) is 1.34. The molecule has 0 aliphatic carbocycles. The van der Waals surface area contributed by atoms with Gasteiger partial charge < -0.3 is 20.1 Å². The van der Waals surface area contributed by atoms with Crippen LogP contribution < -0.4 is 10.5 Å². The first kappa shape index (κ1) is 17.8. The van der Waals surface area contributed by atoms with Crippen LogP contribution in [0.1, 0.15) is 36.5 Å². The van der Waals surface area contributed by atoms with E-state index in [1.807, 2.05) is 36.1 Å². The van der Waals surface area contributed by atoms with Crippen LogP contribution in [0, 0.1) is 5.92 Å². The normalized spacial score (nSPS) is 17.1. The summed E-state index contributed by atoms with van der Waals surface area (Å²) in [5.41, 5.74) is 6.65. The predicted octanol–water partition coefficient (Wildman–Crippen LogP) is 2.30. The van der Waals surface area contributed by atoms with Crippen LogP contribution in [0.25, 0.3) is 0 Å². The number of methoxy groups -OCH3 is 1. The highest BCUT2D eigenvalue weighted by molar-refractivity contribution is 5.94. The van der Waals surface area contributed by atoms with Crippen molar-refractivity contribution in [3.05, 3.63) is 29.8 Å². The number of rotatable bonds is 7. The quantitative estimate of drug-likeness (QED) is 0.783. The van der Waals surface area contributed by atoms with Crippen molar-refractivity contribution in [2.45, 2.75) is 32.2 Å². The van der Waals surface area contributed by atoms with Gasteiger partial charge in [-0.2, -0.15) is 0 Å². The molecule has 1 heterocycles. The number of ether oxygens (including phenoxy) is 2. The lowest BCUT2D eigenvalue weighted by Gasteiger charge is -2.33. The fourth-order valence-corrected chi connectivity index (χ4v) is 2.92. The van der Waals surface area contributed by atoms with Crippen LogP contribution >= 0.6 is 0 Å². The molecule has 1 amide bonds. The maximum atomic E-state index is 12.6. The third kappa shape index (κ3) is 5.22. The van der Waals surface area contributed by atoms with E-state index < -0.39 is 0 Å². The van der Waals surface area contributed by atoms with E-state index in [1.165, 1.54) is 0 Å². The lowest BCUT2D eigenvalue weighted by Crippen LogP contribution is -2.42. The van der Waals surface area contributed by atoms with Crippen LogP contribution in [0.4, 0.5) is 0 Å². The second-order valence-corrected chi connectivity index (χ2v) is 6.21. The number of benzene rings is 1. The summed E-state index contributed by atoms with van der Waals surface area (Å²) in [6, 6.07) is 7.63. The number of hydrogen-bond donors (Lipinski definition) is 1. The van der Waals surface area contributed by atoms with Crippen LogP contribution in [-0.4, -0.2) is 50.3 Å². The fraction of sp³-hybridized carbons (Fsp3) is 0.611. The second kappa shape index (κ2) is 8.89. The number of likely N-dealkylation sites (tertiary alicyclic amines) is 1. The first-order valence-corrected chi connectivity index (χ1v) is 8.38. The van der Waals surface area contributed by atoms with Crippen LogP contribution in [0.2, 0.25) is 0 Å². The molecule has 1 atom stereocenters. The Morgan fingerprint density at radius 3 is 2.74 bits per heavy atom. The van der Waals surface area contributed by atoms with E-state index in [0.29, 0.717) is 24.7 Å². The van der Waals surface area contributed by atoms with Gasteiger partial charge in [-0.1, -0.05) is 6.07 Å². The summed E-state index contributed by atoms with van der Waals surface area (Å²) in [7, 11) is 1.67. The third-order valence-electron chi connectivity index (χ3n) is 4.41. The van der Waals surface area contributed by atoms with E-state index in [9.17, 15) is 4.79 Å². The second-order valence-electron chi connectivity index (χ2n) is 6.21. The molecule has 2 N–H and O–H groups in total. The number of amides is 1. The summed E-state index contributed by atoms with van der Waals surface area (Å²) in [6.45, 7) is 4.87. The van der Waals surface area contributed by atoms with Crippen molar-refractivity contribution in [1.82, 2.24) is 4.90 Å².